The van der Waals surface area contributed by atoms with Crippen molar-refractivity contribution in [2.24, 2.45) is 0 Å². The molecule has 3 nitrogen and oxygen atoms in total. The molecule has 1 aliphatic carbocycles. The number of aliphatic hydroxyl groups excluding tert-OH is 1. The van der Waals surface area contributed by atoms with E-state index in [1.807, 2.05) is 0 Å². The Bertz CT molecular complexity index is 450. The molecule has 1 saturated carbocycles. The highest BCUT2D eigenvalue weighted by Crippen LogP contribution is 2.28. The first-order chi connectivity index (χ1) is 9.04. The van der Waals surface area contributed by atoms with E-state index in [4.69, 9.17) is 23.2 Å². The largest absolute Gasteiger partial charge is 0.394 e. The molecule has 0 heterocycles. The van der Waals surface area contributed by atoms with Crippen LogP contribution < -0.4 is 5.32 Å². The van der Waals surface area contributed by atoms with Crippen LogP contribution >= 0.6 is 23.2 Å². The molecule has 0 aromatic heterocycles. The van der Waals surface area contributed by atoms with Gasteiger partial charge in [0.05, 0.1) is 12.1 Å². The van der Waals surface area contributed by atoms with Crippen molar-refractivity contribution in [3.8, 4) is 0 Å². The van der Waals surface area contributed by atoms with Crippen molar-refractivity contribution in [2.45, 2.75) is 37.6 Å². The van der Waals surface area contributed by atoms with E-state index < -0.39 is 5.54 Å². The minimum Gasteiger partial charge on any atom is -0.394 e. The lowest BCUT2D eigenvalue weighted by Crippen LogP contribution is -2.52. The highest BCUT2D eigenvalue weighted by Gasteiger charge is 2.33. The van der Waals surface area contributed by atoms with Crippen LogP contribution in [0.2, 0.25) is 10.0 Å². The van der Waals surface area contributed by atoms with Crippen LogP contribution in [0.5, 0.6) is 0 Å². The normalized spacial score (nSPS) is 18.1. The van der Waals surface area contributed by atoms with Crippen molar-refractivity contribution in [1.82, 2.24) is 5.32 Å². The average molecular weight is 302 g/mol. The van der Waals surface area contributed by atoms with Gasteiger partial charge in [0.15, 0.2) is 0 Å². The van der Waals surface area contributed by atoms with Gasteiger partial charge in [0.25, 0.3) is 5.91 Å². The summed E-state index contributed by atoms with van der Waals surface area (Å²) in [7, 11) is 0. The molecule has 5 heteroatoms. The Morgan fingerprint density at radius 3 is 2.26 bits per heavy atom. The van der Waals surface area contributed by atoms with Crippen LogP contribution in [0.4, 0.5) is 0 Å². The highest BCUT2D eigenvalue weighted by molar-refractivity contribution is 6.35. The number of hydrogen-bond acceptors (Lipinski definition) is 2. The molecule has 0 saturated heterocycles. The van der Waals surface area contributed by atoms with E-state index in [0.29, 0.717) is 15.6 Å². The Kier molecular flexibility index (Phi) is 4.71. The van der Waals surface area contributed by atoms with Crippen LogP contribution in [0.25, 0.3) is 0 Å². The molecule has 2 rings (SSSR count). The summed E-state index contributed by atoms with van der Waals surface area (Å²) in [4.78, 5) is 12.2. The summed E-state index contributed by atoms with van der Waals surface area (Å²) in [5.74, 6) is -0.236. The third kappa shape index (κ3) is 3.62. The molecular formula is C14H17Cl2NO2. The molecule has 1 aromatic carbocycles. The summed E-state index contributed by atoms with van der Waals surface area (Å²) < 4.78 is 0. The zero-order valence-electron chi connectivity index (χ0n) is 10.6. The number of nitrogens with one attached hydrogen (secondary N) is 1. The van der Waals surface area contributed by atoms with Gasteiger partial charge in [-0.25, -0.2) is 0 Å². The van der Waals surface area contributed by atoms with Crippen molar-refractivity contribution < 1.29 is 9.90 Å². The second kappa shape index (κ2) is 6.12. The van der Waals surface area contributed by atoms with Crippen LogP contribution in [0.3, 0.4) is 0 Å². The van der Waals surface area contributed by atoms with Crippen LogP contribution in [0, 0.1) is 0 Å². The topological polar surface area (TPSA) is 49.3 Å². The fourth-order valence-corrected chi connectivity index (χ4v) is 3.08. The quantitative estimate of drug-likeness (QED) is 0.899. The molecule has 0 atom stereocenters. The number of rotatable bonds is 3. The minimum atomic E-state index is -0.496. The van der Waals surface area contributed by atoms with Crippen molar-refractivity contribution in [3.63, 3.8) is 0 Å². The molecule has 0 spiro atoms. The number of carbonyl (C=O) groups is 1. The lowest BCUT2D eigenvalue weighted by Gasteiger charge is -2.36. The fourth-order valence-electron chi connectivity index (χ4n) is 2.55. The SMILES string of the molecule is O=C(NC1(CO)CCCCC1)c1cc(Cl)cc(Cl)c1. The van der Waals surface area contributed by atoms with Gasteiger partial charge in [-0.15, -0.1) is 0 Å². The third-order valence-corrected chi connectivity index (χ3v) is 4.05. The van der Waals surface area contributed by atoms with Gasteiger partial charge in [0.2, 0.25) is 0 Å². The zero-order chi connectivity index (χ0) is 13.9. The Hall–Kier alpha value is -0.770. The summed E-state index contributed by atoms with van der Waals surface area (Å²) in [5, 5.41) is 13.4. The van der Waals surface area contributed by atoms with E-state index in [1.165, 1.54) is 0 Å². The van der Waals surface area contributed by atoms with Gasteiger partial charge in [0, 0.05) is 15.6 Å². The Labute approximate surface area is 122 Å². The maximum atomic E-state index is 12.2. The van der Waals surface area contributed by atoms with Gasteiger partial charge in [-0.05, 0) is 31.0 Å². The molecule has 1 aliphatic rings. The average Bonchev–Trinajstić information content (AvgIpc) is 2.38. The second-order valence-electron chi connectivity index (χ2n) is 5.11. The van der Waals surface area contributed by atoms with E-state index in [9.17, 15) is 9.90 Å². The van der Waals surface area contributed by atoms with Crippen LogP contribution in [-0.4, -0.2) is 23.2 Å². The predicted molar refractivity (Wildman–Crippen MR) is 76.8 cm³/mol. The summed E-state index contributed by atoms with van der Waals surface area (Å²) in [6, 6.07) is 4.75. The summed E-state index contributed by atoms with van der Waals surface area (Å²) in [5.41, 5.74) is -0.0691. The van der Waals surface area contributed by atoms with E-state index in [2.05, 4.69) is 5.32 Å². The number of carbonyl (C=O) groups excluding carboxylic acids is 1. The molecule has 1 aromatic rings. The van der Waals surface area contributed by atoms with Gasteiger partial charge < -0.3 is 10.4 Å². The first-order valence-electron chi connectivity index (χ1n) is 6.44. The summed E-state index contributed by atoms with van der Waals surface area (Å²) in [6.45, 7) is -0.0347. The van der Waals surface area contributed by atoms with Crippen molar-refractivity contribution in [1.29, 1.82) is 0 Å². The van der Waals surface area contributed by atoms with Gasteiger partial charge in [-0.2, -0.15) is 0 Å². The maximum Gasteiger partial charge on any atom is 0.251 e. The lowest BCUT2D eigenvalue weighted by molar-refractivity contribution is 0.0758. The molecule has 0 unspecified atom stereocenters. The Balaban J connectivity index is 2.15. The first-order valence-corrected chi connectivity index (χ1v) is 7.20. The number of halogens is 2. The standard InChI is InChI=1S/C14H17Cl2NO2/c15-11-6-10(7-12(16)8-11)13(19)17-14(9-18)4-2-1-3-5-14/h6-8,18H,1-5,9H2,(H,17,19). The molecule has 0 bridgehead atoms. The van der Waals surface area contributed by atoms with Crippen LogP contribution in [-0.2, 0) is 0 Å². The molecule has 0 aliphatic heterocycles. The smallest absolute Gasteiger partial charge is 0.251 e. The Morgan fingerprint density at radius 2 is 1.74 bits per heavy atom. The van der Waals surface area contributed by atoms with E-state index in [-0.39, 0.29) is 12.5 Å². The third-order valence-electron chi connectivity index (χ3n) is 3.62. The first kappa shape index (κ1) is 14.6. The number of aliphatic hydroxyl groups is 1. The fraction of sp³-hybridized carbons (Fsp3) is 0.500. The highest BCUT2D eigenvalue weighted by atomic mass is 35.5. The second-order valence-corrected chi connectivity index (χ2v) is 5.98. The van der Waals surface area contributed by atoms with Gasteiger partial charge >= 0.3 is 0 Å². The zero-order valence-corrected chi connectivity index (χ0v) is 12.1. The van der Waals surface area contributed by atoms with Gasteiger partial charge in [0.1, 0.15) is 0 Å². The van der Waals surface area contributed by atoms with Crippen molar-refractivity contribution in [2.75, 3.05) is 6.61 Å². The molecule has 0 radical (unpaired) electrons. The van der Waals surface area contributed by atoms with E-state index in [0.717, 1.165) is 32.1 Å². The number of hydrogen-bond donors (Lipinski definition) is 2. The molecule has 104 valence electrons. The van der Waals surface area contributed by atoms with Gasteiger partial charge in [-0.3, -0.25) is 4.79 Å². The summed E-state index contributed by atoms with van der Waals surface area (Å²) >= 11 is 11.8. The Morgan fingerprint density at radius 1 is 1.16 bits per heavy atom. The molecule has 1 fully saturated rings. The van der Waals surface area contributed by atoms with Crippen LogP contribution in [0.15, 0.2) is 18.2 Å². The number of benzene rings is 1. The monoisotopic (exact) mass is 301 g/mol. The summed E-state index contributed by atoms with van der Waals surface area (Å²) in [6.07, 6.45) is 4.82. The molecule has 19 heavy (non-hydrogen) atoms. The molecule has 2 N–H and O–H groups in total. The molecule has 1 amide bonds. The predicted octanol–water partition coefficient (Wildman–Crippen LogP) is 3.42. The van der Waals surface area contributed by atoms with E-state index in [1.54, 1.807) is 18.2 Å². The van der Waals surface area contributed by atoms with Gasteiger partial charge in [-0.1, -0.05) is 42.5 Å². The van der Waals surface area contributed by atoms with Crippen molar-refractivity contribution >= 4 is 29.1 Å². The number of amides is 1. The minimum absolute atomic E-state index is 0.0347. The maximum absolute atomic E-state index is 12.2. The lowest BCUT2D eigenvalue weighted by atomic mass is 9.82. The van der Waals surface area contributed by atoms with Crippen LogP contribution in [0.1, 0.15) is 42.5 Å². The van der Waals surface area contributed by atoms with E-state index >= 15 is 0 Å². The molecular weight excluding hydrogens is 285 g/mol. The van der Waals surface area contributed by atoms with Crippen molar-refractivity contribution in [3.05, 3.63) is 33.8 Å².